The van der Waals surface area contributed by atoms with Crippen LogP contribution in [0.25, 0.3) is 0 Å². The second-order valence-electron chi connectivity index (χ2n) is 4.91. The van der Waals surface area contributed by atoms with E-state index in [2.05, 4.69) is 15.3 Å². The standard InChI is InChI=1S/C16H17N3O5/c1-10(24-12-5-3-11(23-2)4-6-12)7-19-15(20)13-8-18-14(9-17-13)16(21)22/h3-6,8-10H,7H2,1-2H3,(H,19,20)(H,21,22). The molecule has 1 aromatic heterocycles. The number of aromatic carboxylic acids is 1. The lowest BCUT2D eigenvalue weighted by Crippen LogP contribution is -2.34. The average molecular weight is 331 g/mol. The van der Waals surface area contributed by atoms with Gasteiger partial charge in [0.25, 0.3) is 5.91 Å². The molecular weight excluding hydrogens is 314 g/mol. The Balaban J connectivity index is 1.84. The SMILES string of the molecule is COc1ccc(OC(C)CNC(=O)c2cnc(C(=O)O)cn2)cc1. The molecule has 0 saturated carbocycles. The molecule has 1 atom stereocenters. The summed E-state index contributed by atoms with van der Waals surface area (Å²) in [6.45, 7) is 2.07. The summed E-state index contributed by atoms with van der Waals surface area (Å²) in [4.78, 5) is 30.0. The van der Waals surface area contributed by atoms with Crippen molar-refractivity contribution in [1.82, 2.24) is 15.3 Å². The number of hydrogen-bond acceptors (Lipinski definition) is 6. The van der Waals surface area contributed by atoms with Crippen LogP contribution in [0, 0.1) is 0 Å². The van der Waals surface area contributed by atoms with Crippen molar-refractivity contribution < 1.29 is 24.2 Å². The van der Waals surface area contributed by atoms with Crippen molar-refractivity contribution in [3.8, 4) is 11.5 Å². The Hall–Kier alpha value is -3.16. The second-order valence-corrected chi connectivity index (χ2v) is 4.91. The summed E-state index contributed by atoms with van der Waals surface area (Å²) < 4.78 is 10.7. The molecular formula is C16H17N3O5. The first-order chi connectivity index (χ1) is 11.5. The minimum Gasteiger partial charge on any atom is -0.497 e. The summed E-state index contributed by atoms with van der Waals surface area (Å²) >= 11 is 0. The maximum atomic E-state index is 11.9. The van der Waals surface area contributed by atoms with Crippen LogP contribution in [0.3, 0.4) is 0 Å². The number of amides is 1. The van der Waals surface area contributed by atoms with E-state index >= 15 is 0 Å². The number of ether oxygens (including phenoxy) is 2. The van der Waals surface area contributed by atoms with Gasteiger partial charge in [0.2, 0.25) is 0 Å². The molecule has 126 valence electrons. The second kappa shape index (κ2) is 7.91. The topological polar surface area (TPSA) is 111 Å². The van der Waals surface area contributed by atoms with Crippen molar-refractivity contribution >= 4 is 11.9 Å². The van der Waals surface area contributed by atoms with Crippen LogP contribution >= 0.6 is 0 Å². The summed E-state index contributed by atoms with van der Waals surface area (Å²) in [5, 5.41) is 11.4. The lowest BCUT2D eigenvalue weighted by Gasteiger charge is -2.15. The summed E-state index contributed by atoms with van der Waals surface area (Å²) in [5.41, 5.74) is -0.181. The lowest BCUT2D eigenvalue weighted by atomic mass is 10.3. The highest BCUT2D eigenvalue weighted by Gasteiger charge is 2.12. The zero-order chi connectivity index (χ0) is 17.5. The number of benzene rings is 1. The molecule has 0 fully saturated rings. The zero-order valence-electron chi connectivity index (χ0n) is 13.2. The first-order valence-corrected chi connectivity index (χ1v) is 7.14. The Bertz CT molecular complexity index is 701. The van der Waals surface area contributed by atoms with Gasteiger partial charge in [0.15, 0.2) is 5.69 Å². The summed E-state index contributed by atoms with van der Waals surface area (Å²) in [6, 6.07) is 7.10. The zero-order valence-corrected chi connectivity index (χ0v) is 13.2. The Labute approximate surface area is 138 Å². The number of methoxy groups -OCH3 is 1. The molecule has 24 heavy (non-hydrogen) atoms. The molecule has 0 aliphatic rings. The van der Waals surface area contributed by atoms with Gasteiger partial charge in [-0.15, -0.1) is 0 Å². The monoisotopic (exact) mass is 331 g/mol. The third-order valence-electron chi connectivity index (χ3n) is 3.05. The first-order valence-electron chi connectivity index (χ1n) is 7.14. The third kappa shape index (κ3) is 4.67. The molecule has 2 N–H and O–H groups in total. The molecule has 0 aliphatic heterocycles. The van der Waals surface area contributed by atoms with Crippen molar-refractivity contribution in [1.29, 1.82) is 0 Å². The molecule has 2 rings (SSSR count). The van der Waals surface area contributed by atoms with Crippen LogP contribution in [0.4, 0.5) is 0 Å². The predicted molar refractivity (Wildman–Crippen MR) is 84.4 cm³/mol. The third-order valence-corrected chi connectivity index (χ3v) is 3.05. The minimum atomic E-state index is -1.20. The number of aromatic nitrogens is 2. The normalized spacial score (nSPS) is 11.4. The van der Waals surface area contributed by atoms with E-state index in [1.807, 2.05) is 6.92 Å². The molecule has 2 aromatic rings. The Morgan fingerprint density at radius 2 is 1.71 bits per heavy atom. The Morgan fingerprint density at radius 3 is 2.25 bits per heavy atom. The number of nitrogens with one attached hydrogen (secondary N) is 1. The number of nitrogens with zero attached hydrogens (tertiary/aromatic N) is 2. The number of carboxylic acids is 1. The van der Waals surface area contributed by atoms with E-state index < -0.39 is 11.9 Å². The summed E-state index contributed by atoms with van der Waals surface area (Å²) in [7, 11) is 1.58. The molecule has 1 aromatic carbocycles. The average Bonchev–Trinajstić information content (AvgIpc) is 2.60. The predicted octanol–water partition coefficient (Wildman–Crippen LogP) is 1.38. The highest BCUT2D eigenvalue weighted by molar-refractivity contribution is 5.92. The van der Waals surface area contributed by atoms with Gasteiger partial charge < -0.3 is 19.9 Å². The summed E-state index contributed by atoms with van der Waals surface area (Å²) in [6.07, 6.45) is 1.89. The van der Waals surface area contributed by atoms with Crippen LogP contribution < -0.4 is 14.8 Å². The van der Waals surface area contributed by atoms with Crippen molar-refractivity contribution in [3.63, 3.8) is 0 Å². The van der Waals surface area contributed by atoms with E-state index in [9.17, 15) is 9.59 Å². The Kier molecular flexibility index (Phi) is 5.67. The highest BCUT2D eigenvalue weighted by atomic mass is 16.5. The van der Waals surface area contributed by atoms with Gasteiger partial charge in [-0.05, 0) is 31.2 Å². The maximum absolute atomic E-state index is 11.9. The molecule has 0 radical (unpaired) electrons. The van der Waals surface area contributed by atoms with Gasteiger partial charge in [-0.2, -0.15) is 0 Å². The van der Waals surface area contributed by atoms with Gasteiger partial charge in [0.1, 0.15) is 23.3 Å². The maximum Gasteiger partial charge on any atom is 0.356 e. The van der Waals surface area contributed by atoms with Crippen molar-refractivity contribution in [2.24, 2.45) is 0 Å². The van der Waals surface area contributed by atoms with Crippen LogP contribution in [0.1, 0.15) is 27.9 Å². The van der Waals surface area contributed by atoms with Gasteiger partial charge in [0, 0.05) is 0 Å². The molecule has 0 bridgehead atoms. The quantitative estimate of drug-likeness (QED) is 0.788. The molecule has 1 heterocycles. The van der Waals surface area contributed by atoms with Gasteiger partial charge in [-0.3, -0.25) is 4.79 Å². The molecule has 0 saturated heterocycles. The largest absolute Gasteiger partial charge is 0.497 e. The van der Waals surface area contributed by atoms with Gasteiger partial charge in [0.05, 0.1) is 26.0 Å². The van der Waals surface area contributed by atoms with Gasteiger partial charge in [-0.1, -0.05) is 0 Å². The molecule has 0 spiro atoms. The molecule has 0 aliphatic carbocycles. The number of rotatable bonds is 7. The summed E-state index contributed by atoms with van der Waals surface area (Å²) in [5.74, 6) is -0.268. The fourth-order valence-electron chi connectivity index (χ4n) is 1.81. The van der Waals surface area contributed by atoms with Gasteiger partial charge in [-0.25, -0.2) is 14.8 Å². The van der Waals surface area contributed by atoms with E-state index in [4.69, 9.17) is 14.6 Å². The number of hydrogen-bond donors (Lipinski definition) is 2. The number of carboxylic acid groups (broad SMARTS) is 1. The van der Waals surface area contributed by atoms with Crippen LogP contribution in [-0.2, 0) is 0 Å². The van der Waals surface area contributed by atoms with Gasteiger partial charge >= 0.3 is 5.97 Å². The van der Waals surface area contributed by atoms with E-state index in [1.54, 1.807) is 31.4 Å². The minimum absolute atomic E-state index is 0.0386. The van der Waals surface area contributed by atoms with Crippen LogP contribution in [0.5, 0.6) is 11.5 Å². The van der Waals surface area contributed by atoms with E-state index in [0.29, 0.717) is 5.75 Å². The number of carbonyl (C=O) groups excluding carboxylic acids is 1. The van der Waals surface area contributed by atoms with Crippen molar-refractivity contribution in [3.05, 3.63) is 48.0 Å². The van der Waals surface area contributed by atoms with Crippen molar-refractivity contribution in [2.75, 3.05) is 13.7 Å². The molecule has 8 heteroatoms. The van der Waals surface area contributed by atoms with E-state index in [0.717, 1.165) is 18.1 Å². The fourth-order valence-corrected chi connectivity index (χ4v) is 1.81. The molecule has 1 unspecified atom stereocenters. The number of carbonyl (C=O) groups is 2. The molecule has 8 nitrogen and oxygen atoms in total. The van der Waals surface area contributed by atoms with E-state index in [-0.39, 0.29) is 24.0 Å². The smallest absolute Gasteiger partial charge is 0.356 e. The van der Waals surface area contributed by atoms with Crippen LogP contribution in [-0.4, -0.2) is 46.7 Å². The first kappa shape index (κ1) is 17.2. The van der Waals surface area contributed by atoms with Crippen molar-refractivity contribution in [2.45, 2.75) is 13.0 Å². The fraction of sp³-hybridized carbons (Fsp3) is 0.250. The Morgan fingerprint density at radius 1 is 1.12 bits per heavy atom. The van der Waals surface area contributed by atoms with Crippen LogP contribution in [0.2, 0.25) is 0 Å². The van der Waals surface area contributed by atoms with Crippen LogP contribution in [0.15, 0.2) is 36.7 Å². The highest BCUT2D eigenvalue weighted by Crippen LogP contribution is 2.17. The van der Waals surface area contributed by atoms with E-state index in [1.165, 1.54) is 0 Å². The molecule has 1 amide bonds. The lowest BCUT2D eigenvalue weighted by molar-refractivity contribution is 0.0689.